The van der Waals surface area contributed by atoms with Crippen LogP contribution in [0.5, 0.6) is 5.75 Å². The predicted octanol–water partition coefficient (Wildman–Crippen LogP) is 2.31. The van der Waals surface area contributed by atoms with Crippen LogP contribution in [0.3, 0.4) is 0 Å². The average Bonchev–Trinajstić information content (AvgIpc) is 2.52. The molecular weight excluding hydrogens is 316 g/mol. The van der Waals surface area contributed by atoms with Gasteiger partial charge in [0.05, 0.1) is 5.75 Å². The highest BCUT2D eigenvalue weighted by Crippen LogP contribution is 2.15. The molecule has 0 aliphatic heterocycles. The van der Waals surface area contributed by atoms with E-state index in [2.05, 4.69) is 0 Å². The minimum Gasteiger partial charge on any atom is -0.489 e. The maximum atomic E-state index is 11.5. The van der Waals surface area contributed by atoms with Crippen molar-refractivity contribution in [2.45, 2.75) is 13.0 Å². The minimum absolute atomic E-state index is 0.177. The maximum Gasteiger partial charge on any atom is 0.318 e. The summed E-state index contributed by atoms with van der Waals surface area (Å²) in [5.41, 5.74) is 1.89. The number of rotatable bonds is 8. The molecule has 0 heterocycles. The van der Waals surface area contributed by atoms with Gasteiger partial charge in [0.2, 0.25) is 0 Å². The van der Waals surface area contributed by atoms with Crippen LogP contribution in [0.2, 0.25) is 0 Å². The summed E-state index contributed by atoms with van der Waals surface area (Å²) < 4.78 is 28.7. The molecular formula is C17H18O5S. The molecule has 2 rings (SSSR count). The van der Waals surface area contributed by atoms with Gasteiger partial charge >= 0.3 is 5.97 Å². The van der Waals surface area contributed by atoms with Crippen molar-refractivity contribution in [2.24, 2.45) is 0 Å². The Kier molecular flexibility index (Phi) is 5.76. The number of hydrogen-bond acceptors (Lipinski definition) is 4. The van der Waals surface area contributed by atoms with Gasteiger partial charge in [-0.25, -0.2) is 8.42 Å². The molecule has 0 spiro atoms. The van der Waals surface area contributed by atoms with E-state index in [0.29, 0.717) is 12.4 Å². The van der Waals surface area contributed by atoms with Gasteiger partial charge in [0.25, 0.3) is 0 Å². The fourth-order valence-corrected chi connectivity index (χ4v) is 3.09. The lowest BCUT2D eigenvalue weighted by Crippen LogP contribution is -2.19. The molecule has 0 saturated heterocycles. The summed E-state index contributed by atoms with van der Waals surface area (Å²) in [5, 5.41) is 8.54. The zero-order chi connectivity index (χ0) is 16.7. The van der Waals surface area contributed by atoms with E-state index < -0.39 is 21.6 Å². The molecule has 0 atom stereocenters. The Labute approximate surface area is 135 Å². The lowest BCUT2D eigenvalue weighted by atomic mass is 10.2. The molecule has 122 valence electrons. The number of aliphatic carboxylic acids is 1. The number of benzene rings is 2. The van der Waals surface area contributed by atoms with Crippen molar-refractivity contribution < 1.29 is 23.1 Å². The Balaban J connectivity index is 1.86. The molecule has 0 radical (unpaired) electrons. The Bertz CT molecular complexity index is 736. The molecule has 5 nitrogen and oxygen atoms in total. The van der Waals surface area contributed by atoms with E-state index in [0.717, 1.165) is 11.1 Å². The molecule has 0 aromatic heterocycles. The molecule has 0 fully saturated rings. The summed E-state index contributed by atoms with van der Waals surface area (Å²) in [5.74, 6) is -1.63. The lowest BCUT2D eigenvalue weighted by Gasteiger charge is -2.07. The zero-order valence-electron chi connectivity index (χ0n) is 12.5. The van der Waals surface area contributed by atoms with E-state index in [-0.39, 0.29) is 12.2 Å². The third-order valence-electron chi connectivity index (χ3n) is 3.22. The molecule has 0 amide bonds. The second kappa shape index (κ2) is 7.78. The van der Waals surface area contributed by atoms with Crippen molar-refractivity contribution in [1.82, 2.24) is 0 Å². The monoisotopic (exact) mass is 334 g/mol. The molecule has 0 saturated carbocycles. The number of aryl methyl sites for hydroxylation is 1. The second-order valence-corrected chi connectivity index (χ2v) is 7.34. The SMILES string of the molecule is O=C(O)CS(=O)(=O)CCc1ccc(OCc2ccccc2)cc1. The van der Waals surface area contributed by atoms with Gasteiger partial charge in [-0.1, -0.05) is 42.5 Å². The molecule has 6 heteroatoms. The topological polar surface area (TPSA) is 80.7 Å². The molecule has 0 bridgehead atoms. The summed E-state index contributed by atoms with van der Waals surface area (Å²) in [6, 6.07) is 16.9. The summed E-state index contributed by atoms with van der Waals surface area (Å²) in [6.07, 6.45) is 0.286. The minimum atomic E-state index is -3.57. The standard InChI is InChI=1S/C17H18O5S/c18-17(19)13-23(20,21)11-10-14-6-8-16(9-7-14)22-12-15-4-2-1-3-5-15/h1-9H,10-13H2,(H,18,19). The Hall–Kier alpha value is -2.34. The van der Waals surface area contributed by atoms with Gasteiger partial charge in [-0.2, -0.15) is 0 Å². The Morgan fingerprint density at radius 3 is 2.22 bits per heavy atom. The molecule has 2 aromatic carbocycles. The number of carbonyl (C=O) groups is 1. The quantitative estimate of drug-likeness (QED) is 0.801. The van der Waals surface area contributed by atoms with E-state index in [9.17, 15) is 13.2 Å². The number of carboxylic acid groups (broad SMARTS) is 1. The van der Waals surface area contributed by atoms with Gasteiger partial charge < -0.3 is 9.84 Å². The van der Waals surface area contributed by atoms with Crippen LogP contribution < -0.4 is 4.74 Å². The smallest absolute Gasteiger partial charge is 0.318 e. The highest BCUT2D eigenvalue weighted by Gasteiger charge is 2.15. The van der Waals surface area contributed by atoms with Crippen LogP contribution in [-0.4, -0.2) is 31.0 Å². The first-order valence-corrected chi connectivity index (χ1v) is 8.95. The van der Waals surface area contributed by atoms with Gasteiger partial charge in [-0.15, -0.1) is 0 Å². The highest BCUT2D eigenvalue weighted by molar-refractivity contribution is 7.92. The fourth-order valence-electron chi connectivity index (χ4n) is 2.03. The summed E-state index contributed by atoms with van der Waals surface area (Å²) in [4.78, 5) is 10.5. The van der Waals surface area contributed by atoms with Crippen molar-refractivity contribution in [3.8, 4) is 5.75 Å². The maximum absolute atomic E-state index is 11.5. The average molecular weight is 334 g/mol. The molecule has 0 aliphatic rings. The van der Waals surface area contributed by atoms with Gasteiger partial charge in [0, 0.05) is 0 Å². The second-order valence-electron chi connectivity index (χ2n) is 5.15. The fraction of sp³-hybridized carbons (Fsp3) is 0.235. The van der Waals surface area contributed by atoms with Crippen molar-refractivity contribution in [3.05, 3.63) is 65.7 Å². The van der Waals surface area contributed by atoms with Crippen LogP contribution in [0.4, 0.5) is 0 Å². The van der Waals surface area contributed by atoms with E-state index in [1.54, 1.807) is 24.3 Å². The number of carboxylic acids is 1. The largest absolute Gasteiger partial charge is 0.489 e. The van der Waals surface area contributed by atoms with Gasteiger partial charge in [-0.05, 0) is 29.7 Å². The zero-order valence-corrected chi connectivity index (χ0v) is 13.3. The van der Waals surface area contributed by atoms with Crippen molar-refractivity contribution in [1.29, 1.82) is 0 Å². The van der Waals surface area contributed by atoms with Crippen molar-refractivity contribution in [3.63, 3.8) is 0 Å². The summed E-state index contributed by atoms with van der Waals surface area (Å²) in [6.45, 7) is 0.465. The molecule has 23 heavy (non-hydrogen) atoms. The molecule has 2 aromatic rings. The van der Waals surface area contributed by atoms with Crippen LogP contribution in [0.25, 0.3) is 0 Å². The summed E-state index contributed by atoms with van der Waals surface area (Å²) in [7, 11) is -3.57. The van der Waals surface area contributed by atoms with Gasteiger partial charge in [-0.3, -0.25) is 4.79 Å². The van der Waals surface area contributed by atoms with Crippen molar-refractivity contribution in [2.75, 3.05) is 11.5 Å². The van der Waals surface area contributed by atoms with Crippen LogP contribution in [0, 0.1) is 0 Å². The first-order valence-electron chi connectivity index (χ1n) is 7.12. The van der Waals surface area contributed by atoms with Crippen LogP contribution >= 0.6 is 0 Å². The number of hydrogen-bond donors (Lipinski definition) is 1. The predicted molar refractivity (Wildman–Crippen MR) is 87.2 cm³/mol. The van der Waals surface area contributed by atoms with Crippen LogP contribution in [0.15, 0.2) is 54.6 Å². The van der Waals surface area contributed by atoms with Crippen molar-refractivity contribution >= 4 is 15.8 Å². The number of sulfone groups is 1. The third-order valence-corrected chi connectivity index (χ3v) is 4.73. The Morgan fingerprint density at radius 2 is 1.61 bits per heavy atom. The number of ether oxygens (including phenoxy) is 1. The molecule has 1 N–H and O–H groups in total. The van der Waals surface area contributed by atoms with Crippen LogP contribution in [-0.2, 0) is 27.7 Å². The molecule has 0 unspecified atom stereocenters. The Morgan fingerprint density at radius 1 is 0.957 bits per heavy atom. The first-order chi connectivity index (χ1) is 10.9. The summed E-state index contributed by atoms with van der Waals surface area (Å²) >= 11 is 0. The van der Waals surface area contributed by atoms with Crippen LogP contribution in [0.1, 0.15) is 11.1 Å². The van der Waals surface area contributed by atoms with E-state index in [4.69, 9.17) is 9.84 Å². The van der Waals surface area contributed by atoms with E-state index >= 15 is 0 Å². The molecule has 0 aliphatic carbocycles. The van der Waals surface area contributed by atoms with Gasteiger partial charge in [0.15, 0.2) is 9.84 Å². The van der Waals surface area contributed by atoms with E-state index in [1.807, 2.05) is 30.3 Å². The highest BCUT2D eigenvalue weighted by atomic mass is 32.2. The first kappa shape index (κ1) is 17.0. The van der Waals surface area contributed by atoms with E-state index in [1.165, 1.54) is 0 Å². The normalized spacial score (nSPS) is 11.1. The lowest BCUT2D eigenvalue weighted by molar-refractivity contribution is -0.134. The van der Waals surface area contributed by atoms with Gasteiger partial charge in [0.1, 0.15) is 18.1 Å². The third kappa shape index (κ3) is 6.12.